The molecule has 1 aromatic heterocycles. The van der Waals surface area contributed by atoms with E-state index in [-0.39, 0.29) is 6.17 Å². The summed E-state index contributed by atoms with van der Waals surface area (Å²) < 4.78 is 0. The lowest BCUT2D eigenvalue weighted by Crippen LogP contribution is -2.55. The number of pyridine rings is 1. The average molecular weight is 475 g/mol. The van der Waals surface area contributed by atoms with Gasteiger partial charge in [-0.15, -0.1) is 0 Å². The van der Waals surface area contributed by atoms with Gasteiger partial charge in [-0.3, -0.25) is 0 Å². The second kappa shape index (κ2) is 10.6. The number of nitrogens with two attached hydrogens (primary N) is 1. The molecule has 1 aliphatic heterocycles. The van der Waals surface area contributed by atoms with Crippen LogP contribution in [0.5, 0.6) is 0 Å². The largest absolute Gasteiger partial charge is 0.370 e. The molecule has 0 radical (unpaired) electrons. The molecule has 178 valence electrons. The number of hydrogen-bond donors (Lipinski definition) is 1. The number of unbranched alkanes of at least 4 members (excludes halogenated alkanes) is 1. The third kappa shape index (κ3) is 5.13. The fourth-order valence-electron chi connectivity index (χ4n) is 4.56. The van der Waals surface area contributed by atoms with Crippen molar-refractivity contribution >= 4 is 28.2 Å². The van der Waals surface area contributed by atoms with Gasteiger partial charge in [0.05, 0.1) is 28.9 Å². The van der Waals surface area contributed by atoms with Crippen LogP contribution in [0.2, 0.25) is 5.02 Å². The highest BCUT2D eigenvalue weighted by atomic mass is 35.5. The number of benzene rings is 2. The van der Waals surface area contributed by atoms with Gasteiger partial charge in [0.2, 0.25) is 0 Å². The van der Waals surface area contributed by atoms with Gasteiger partial charge in [0.15, 0.2) is 0 Å². The zero-order chi connectivity index (χ0) is 24.2. The van der Waals surface area contributed by atoms with Crippen LogP contribution in [0.15, 0.2) is 67.4 Å². The maximum absolute atomic E-state index is 6.65. The Kier molecular flexibility index (Phi) is 7.60. The molecule has 1 unspecified atom stereocenters. The van der Waals surface area contributed by atoms with E-state index in [1.807, 2.05) is 12.1 Å². The summed E-state index contributed by atoms with van der Waals surface area (Å²) in [5, 5.41) is 1.64. The first kappa shape index (κ1) is 24.3. The van der Waals surface area contributed by atoms with Crippen molar-refractivity contribution in [3.8, 4) is 11.3 Å². The summed E-state index contributed by atoms with van der Waals surface area (Å²) >= 11 is 6.65. The number of nitrogens with zero attached hydrogens (tertiary/aromatic N) is 3. The van der Waals surface area contributed by atoms with Crippen LogP contribution in [-0.4, -0.2) is 40.6 Å². The molecule has 0 aliphatic carbocycles. The number of piperazine rings is 1. The molecule has 0 saturated carbocycles. The number of hydrogen-bond acceptors (Lipinski definition) is 4. The predicted molar refractivity (Wildman–Crippen MR) is 146 cm³/mol. The number of halogens is 1. The summed E-state index contributed by atoms with van der Waals surface area (Å²) in [6.07, 6.45) is 4.26. The summed E-state index contributed by atoms with van der Waals surface area (Å²) in [6, 6.07) is 16.6. The van der Waals surface area contributed by atoms with Crippen molar-refractivity contribution in [2.24, 2.45) is 5.73 Å². The van der Waals surface area contributed by atoms with Gasteiger partial charge in [-0.05, 0) is 42.5 Å². The van der Waals surface area contributed by atoms with Gasteiger partial charge in [0, 0.05) is 35.4 Å². The molecule has 0 amide bonds. The Morgan fingerprint density at radius 3 is 2.53 bits per heavy atom. The predicted octanol–water partition coefficient (Wildman–Crippen LogP) is 6.69. The van der Waals surface area contributed by atoms with Crippen molar-refractivity contribution in [3.05, 3.63) is 83.5 Å². The van der Waals surface area contributed by atoms with Crippen molar-refractivity contribution in [2.75, 3.05) is 19.6 Å². The zero-order valence-electron chi connectivity index (χ0n) is 20.4. The molecule has 2 heterocycles. The Morgan fingerprint density at radius 2 is 1.85 bits per heavy atom. The molecule has 2 aromatic carbocycles. The molecule has 1 atom stereocenters. The summed E-state index contributed by atoms with van der Waals surface area (Å²) in [5.41, 5.74) is 13.8. The maximum atomic E-state index is 6.65. The third-order valence-corrected chi connectivity index (χ3v) is 7.09. The van der Waals surface area contributed by atoms with Crippen molar-refractivity contribution in [1.82, 2.24) is 14.8 Å². The van der Waals surface area contributed by atoms with Crippen molar-refractivity contribution in [2.45, 2.75) is 45.7 Å². The molecule has 0 bridgehead atoms. The minimum absolute atomic E-state index is 0.129. The fourth-order valence-corrected chi connectivity index (χ4v) is 4.82. The SMILES string of the molecule is C=C(CCCC)N1CCN(C(=C)c2ccc3c(Cl)cc(-c4ccc(CC)cc4)nc3c2)C(N)C1. The first-order valence-electron chi connectivity index (χ1n) is 12.2. The average Bonchev–Trinajstić information content (AvgIpc) is 2.86. The monoisotopic (exact) mass is 474 g/mol. The van der Waals surface area contributed by atoms with E-state index in [4.69, 9.17) is 22.3 Å². The third-order valence-electron chi connectivity index (χ3n) is 6.78. The maximum Gasteiger partial charge on any atom is 0.0949 e. The lowest BCUT2D eigenvalue weighted by Gasteiger charge is -2.43. The summed E-state index contributed by atoms with van der Waals surface area (Å²) in [5.74, 6) is 0. The molecule has 0 spiro atoms. The molecule has 3 aromatic rings. The van der Waals surface area contributed by atoms with E-state index in [1.165, 1.54) is 24.1 Å². The standard InChI is InChI=1S/C29H35ClN4/c1-5-7-8-20(3)33-15-16-34(29(31)19-33)21(4)24-13-14-25-26(30)18-27(32-28(25)17-24)23-11-9-22(6-2)10-12-23/h9-14,17-18,29H,3-8,15-16,19,31H2,1-2H3. The van der Waals surface area contributed by atoms with Crippen molar-refractivity contribution in [1.29, 1.82) is 0 Å². The Morgan fingerprint density at radius 1 is 1.09 bits per heavy atom. The lowest BCUT2D eigenvalue weighted by atomic mass is 10.0. The van der Waals surface area contributed by atoms with E-state index in [9.17, 15) is 0 Å². The molecular weight excluding hydrogens is 440 g/mol. The van der Waals surface area contributed by atoms with Crippen LogP contribution < -0.4 is 5.73 Å². The van der Waals surface area contributed by atoms with E-state index < -0.39 is 0 Å². The minimum atomic E-state index is -0.129. The van der Waals surface area contributed by atoms with Crippen LogP contribution in [0.25, 0.3) is 27.9 Å². The van der Waals surface area contributed by atoms with Gasteiger partial charge in [-0.1, -0.05) is 81.4 Å². The number of rotatable bonds is 8. The van der Waals surface area contributed by atoms with E-state index in [0.717, 1.165) is 65.9 Å². The molecule has 1 aliphatic rings. The van der Waals surface area contributed by atoms with Gasteiger partial charge in [0.1, 0.15) is 0 Å². The van der Waals surface area contributed by atoms with Crippen LogP contribution in [0.3, 0.4) is 0 Å². The number of aromatic nitrogens is 1. The summed E-state index contributed by atoms with van der Waals surface area (Å²) in [6.45, 7) is 15.5. The molecular formula is C29H35ClN4. The summed E-state index contributed by atoms with van der Waals surface area (Å²) in [7, 11) is 0. The highest BCUT2D eigenvalue weighted by Gasteiger charge is 2.26. The molecule has 5 heteroatoms. The minimum Gasteiger partial charge on any atom is -0.370 e. The number of fused-ring (bicyclic) bond motifs is 1. The van der Waals surface area contributed by atoms with E-state index in [1.54, 1.807) is 0 Å². The Labute approximate surface area is 208 Å². The van der Waals surface area contributed by atoms with Crippen LogP contribution in [-0.2, 0) is 6.42 Å². The second-order valence-corrected chi connectivity index (χ2v) is 9.50. The number of allylic oxidation sites excluding steroid dienone is 1. The van der Waals surface area contributed by atoms with Crippen LogP contribution in [0.1, 0.15) is 44.2 Å². The van der Waals surface area contributed by atoms with Gasteiger partial charge < -0.3 is 15.5 Å². The summed E-state index contributed by atoms with van der Waals surface area (Å²) in [4.78, 5) is 9.45. The molecule has 34 heavy (non-hydrogen) atoms. The van der Waals surface area contributed by atoms with Crippen LogP contribution in [0.4, 0.5) is 0 Å². The van der Waals surface area contributed by atoms with Crippen LogP contribution >= 0.6 is 11.6 Å². The van der Waals surface area contributed by atoms with Gasteiger partial charge in [-0.25, -0.2) is 4.98 Å². The smallest absolute Gasteiger partial charge is 0.0949 e. The van der Waals surface area contributed by atoms with E-state index in [0.29, 0.717) is 5.02 Å². The highest BCUT2D eigenvalue weighted by molar-refractivity contribution is 6.35. The van der Waals surface area contributed by atoms with Gasteiger partial charge >= 0.3 is 0 Å². The normalized spacial score (nSPS) is 16.2. The van der Waals surface area contributed by atoms with E-state index in [2.05, 4.69) is 73.2 Å². The molecule has 4 rings (SSSR count). The molecule has 4 nitrogen and oxygen atoms in total. The van der Waals surface area contributed by atoms with Gasteiger partial charge in [0.25, 0.3) is 0 Å². The second-order valence-electron chi connectivity index (χ2n) is 9.09. The van der Waals surface area contributed by atoms with E-state index >= 15 is 0 Å². The molecule has 1 fully saturated rings. The first-order chi connectivity index (χ1) is 16.4. The molecule has 2 N–H and O–H groups in total. The van der Waals surface area contributed by atoms with Crippen molar-refractivity contribution in [3.63, 3.8) is 0 Å². The Bertz CT molecular complexity index is 1180. The molecule has 1 saturated heterocycles. The first-order valence-corrected chi connectivity index (χ1v) is 12.6. The Balaban J connectivity index is 1.56. The quantitative estimate of drug-likeness (QED) is 0.394. The number of aryl methyl sites for hydroxylation is 1. The topological polar surface area (TPSA) is 45.4 Å². The van der Waals surface area contributed by atoms with Crippen LogP contribution in [0, 0.1) is 0 Å². The lowest BCUT2D eigenvalue weighted by molar-refractivity contribution is 0.148. The van der Waals surface area contributed by atoms with Gasteiger partial charge in [-0.2, -0.15) is 0 Å². The zero-order valence-corrected chi connectivity index (χ0v) is 21.1. The van der Waals surface area contributed by atoms with Crippen molar-refractivity contribution < 1.29 is 0 Å². The Hall–Kier alpha value is -2.82. The highest BCUT2D eigenvalue weighted by Crippen LogP contribution is 2.31. The fraction of sp³-hybridized carbons (Fsp3) is 0.345.